The van der Waals surface area contributed by atoms with Crippen molar-refractivity contribution in [2.75, 3.05) is 5.32 Å². The van der Waals surface area contributed by atoms with Gasteiger partial charge in [0.25, 0.3) is 5.91 Å². The molecule has 0 atom stereocenters. The molecule has 5 heteroatoms. The molecule has 1 aromatic heterocycles. The Hall–Kier alpha value is -1.88. The maximum Gasteiger partial charge on any atom is 0.269 e. The summed E-state index contributed by atoms with van der Waals surface area (Å²) in [4.78, 5) is 16.5. The lowest BCUT2D eigenvalue weighted by Crippen LogP contribution is -2.42. The number of amides is 1. The van der Waals surface area contributed by atoms with E-state index in [9.17, 15) is 4.79 Å². The number of nitrogens with one attached hydrogen (secondary N) is 1. The van der Waals surface area contributed by atoms with Gasteiger partial charge in [0.1, 0.15) is 11.6 Å². The number of pyridine rings is 1. The van der Waals surface area contributed by atoms with Crippen LogP contribution in [0.4, 0.5) is 5.82 Å². The Morgan fingerprint density at radius 1 is 1.24 bits per heavy atom. The summed E-state index contributed by atoms with van der Waals surface area (Å²) in [5, 5.41) is 2.80. The second-order valence-electron chi connectivity index (χ2n) is 5.19. The van der Waals surface area contributed by atoms with Crippen LogP contribution in [-0.2, 0) is 4.79 Å². The Kier molecular flexibility index (Phi) is 4.63. The molecule has 0 fully saturated rings. The van der Waals surface area contributed by atoms with E-state index >= 15 is 0 Å². The van der Waals surface area contributed by atoms with E-state index < -0.39 is 5.60 Å². The van der Waals surface area contributed by atoms with Gasteiger partial charge >= 0.3 is 0 Å². The molecule has 2 rings (SSSR count). The van der Waals surface area contributed by atoms with Crippen LogP contribution < -0.4 is 10.1 Å². The van der Waals surface area contributed by atoms with Gasteiger partial charge in [-0.3, -0.25) is 4.79 Å². The zero-order valence-electron chi connectivity index (χ0n) is 12.2. The smallest absolute Gasteiger partial charge is 0.269 e. The van der Waals surface area contributed by atoms with E-state index in [1.54, 1.807) is 20.0 Å². The predicted octanol–water partition coefficient (Wildman–Crippen LogP) is 3.95. The highest BCUT2D eigenvalue weighted by atomic mass is 79.9. The van der Waals surface area contributed by atoms with E-state index in [1.807, 2.05) is 43.3 Å². The van der Waals surface area contributed by atoms with Crippen LogP contribution in [0.3, 0.4) is 0 Å². The molecule has 0 saturated heterocycles. The first-order chi connectivity index (χ1) is 9.88. The van der Waals surface area contributed by atoms with Crippen molar-refractivity contribution < 1.29 is 9.53 Å². The van der Waals surface area contributed by atoms with Crippen LogP contribution in [0.1, 0.15) is 19.4 Å². The van der Waals surface area contributed by atoms with Gasteiger partial charge < -0.3 is 10.1 Å². The SMILES string of the molecule is Cc1cccnc1NC(=O)C(C)(C)Oc1ccc(Br)cc1. The lowest BCUT2D eigenvalue weighted by atomic mass is 10.1. The highest BCUT2D eigenvalue weighted by molar-refractivity contribution is 9.10. The molecular formula is C16H17BrN2O2. The van der Waals surface area contributed by atoms with Crippen LogP contribution in [0.2, 0.25) is 0 Å². The van der Waals surface area contributed by atoms with Crippen molar-refractivity contribution in [3.8, 4) is 5.75 Å². The number of nitrogens with zero attached hydrogens (tertiary/aromatic N) is 1. The van der Waals surface area contributed by atoms with E-state index in [0.717, 1.165) is 10.0 Å². The van der Waals surface area contributed by atoms with Crippen molar-refractivity contribution >= 4 is 27.7 Å². The Morgan fingerprint density at radius 2 is 1.90 bits per heavy atom. The van der Waals surface area contributed by atoms with Crippen LogP contribution >= 0.6 is 15.9 Å². The predicted molar refractivity (Wildman–Crippen MR) is 86.5 cm³/mol. The molecule has 1 aromatic carbocycles. The summed E-state index contributed by atoms with van der Waals surface area (Å²) < 4.78 is 6.73. The average Bonchev–Trinajstić information content (AvgIpc) is 2.43. The standard InChI is InChI=1S/C16H17BrN2O2/c1-11-5-4-10-18-14(11)19-15(20)16(2,3)21-13-8-6-12(17)7-9-13/h4-10H,1-3H3,(H,18,19,20). The fourth-order valence-corrected chi connectivity index (χ4v) is 1.98. The Labute approximate surface area is 132 Å². The fraction of sp³-hybridized carbons (Fsp3) is 0.250. The minimum atomic E-state index is -1.00. The maximum atomic E-state index is 12.4. The zero-order chi connectivity index (χ0) is 15.5. The van der Waals surface area contributed by atoms with Gasteiger partial charge in [-0.2, -0.15) is 0 Å². The largest absolute Gasteiger partial charge is 0.478 e. The van der Waals surface area contributed by atoms with Crippen molar-refractivity contribution in [1.82, 2.24) is 4.98 Å². The molecule has 0 saturated carbocycles. The van der Waals surface area contributed by atoms with Gasteiger partial charge in [0, 0.05) is 10.7 Å². The summed E-state index contributed by atoms with van der Waals surface area (Å²) >= 11 is 3.36. The quantitative estimate of drug-likeness (QED) is 0.909. The summed E-state index contributed by atoms with van der Waals surface area (Å²) in [5.41, 5.74) is -0.0945. The normalized spacial score (nSPS) is 11.0. The van der Waals surface area contributed by atoms with Crippen LogP contribution in [0.25, 0.3) is 0 Å². The van der Waals surface area contributed by atoms with Gasteiger partial charge in [-0.25, -0.2) is 4.98 Å². The van der Waals surface area contributed by atoms with Gasteiger partial charge in [0.2, 0.25) is 0 Å². The molecule has 0 bridgehead atoms. The Bertz CT molecular complexity index is 639. The van der Waals surface area contributed by atoms with Gasteiger partial charge in [-0.05, 0) is 56.7 Å². The first-order valence-corrected chi connectivity index (χ1v) is 7.35. The van der Waals surface area contributed by atoms with E-state index in [1.165, 1.54) is 0 Å². The fourth-order valence-electron chi connectivity index (χ4n) is 1.72. The lowest BCUT2D eigenvalue weighted by molar-refractivity contribution is -0.128. The molecule has 21 heavy (non-hydrogen) atoms. The number of rotatable bonds is 4. The van der Waals surface area contributed by atoms with Crippen LogP contribution in [0, 0.1) is 6.92 Å². The molecule has 0 aliphatic carbocycles. The Balaban J connectivity index is 2.10. The molecular weight excluding hydrogens is 332 g/mol. The number of carbonyl (C=O) groups is 1. The van der Waals surface area contributed by atoms with Gasteiger partial charge in [0.15, 0.2) is 5.60 Å². The number of hydrogen-bond donors (Lipinski definition) is 1. The monoisotopic (exact) mass is 348 g/mol. The third kappa shape index (κ3) is 4.04. The minimum Gasteiger partial charge on any atom is -0.478 e. The molecule has 110 valence electrons. The number of halogens is 1. The van der Waals surface area contributed by atoms with E-state index in [-0.39, 0.29) is 5.91 Å². The minimum absolute atomic E-state index is 0.243. The molecule has 0 spiro atoms. The number of anilines is 1. The third-order valence-electron chi connectivity index (χ3n) is 2.97. The van der Waals surface area contributed by atoms with Gasteiger partial charge in [-0.15, -0.1) is 0 Å². The van der Waals surface area contributed by atoms with E-state index in [2.05, 4.69) is 26.2 Å². The maximum absolute atomic E-state index is 12.4. The number of aromatic nitrogens is 1. The van der Waals surface area contributed by atoms with Crippen molar-refractivity contribution in [1.29, 1.82) is 0 Å². The topological polar surface area (TPSA) is 51.2 Å². The molecule has 2 aromatic rings. The highest BCUT2D eigenvalue weighted by Crippen LogP contribution is 2.22. The van der Waals surface area contributed by atoms with Crippen LogP contribution in [0.5, 0.6) is 5.75 Å². The van der Waals surface area contributed by atoms with Crippen molar-refractivity contribution in [3.05, 3.63) is 52.6 Å². The molecule has 1 heterocycles. The van der Waals surface area contributed by atoms with Gasteiger partial charge in [-0.1, -0.05) is 22.0 Å². The van der Waals surface area contributed by atoms with Crippen LogP contribution in [0.15, 0.2) is 47.1 Å². The molecule has 1 amide bonds. The Morgan fingerprint density at radius 3 is 2.52 bits per heavy atom. The molecule has 0 aliphatic rings. The molecule has 1 N–H and O–H groups in total. The first-order valence-electron chi connectivity index (χ1n) is 6.56. The molecule has 0 radical (unpaired) electrons. The number of ether oxygens (including phenoxy) is 1. The summed E-state index contributed by atoms with van der Waals surface area (Å²) in [6.07, 6.45) is 1.64. The summed E-state index contributed by atoms with van der Waals surface area (Å²) in [6, 6.07) is 11.1. The molecule has 0 aliphatic heterocycles. The number of aryl methyl sites for hydroxylation is 1. The molecule has 4 nitrogen and oxygen atoms in total. The first kappa shape index (κ1) is 15.5. The van der Waals surface area contributed by atoms with Crippen molar-refractivity contribution in [2.45, 2.75) is 26.4 Å². The van der Waals surface area contributed by atoms with Crippen LogP contribution in [-0.4, -0.2) is 16.5 Å². The number of hydrogen-bond acceptors (Lipinski definition) is 3. The van der Waals surface area contributed by atoms with E-state index in [0.29, 0.717) is 11.6 Å². The molecule has 0 unspecified atom stereocenters. The van der Waals surface area contributed by atoms with E-state index in [4.69, 9.17) is 4.74 Å². The lowest BCUT2D eigenvalue weighted by Gasteiger charge is -2.25. The summed E-state index contributed by atoms with van der Waals surface area (Å²) in [6.45, 7) is 5.34. The summed E-state index contributed by atoms with van der Waals surface area (Å²) in [7, 11) is 0. The number of benzene rings is 1. The van der Waals surface area contributed by atoms with Gasteiger partial charge in [0.05, 0.1) is 0 Å². The van der Waals surface area contributed by atoms with Crippen molar-refractivity contribution in [2.24, 2.45) is 0 Å². The third-order valence-corrected chi connectivity index (χ3v) is 3.50. The highest BCUT2D eigenvalue weighted by Gasteiger charge is 2.30. The second kappa shape index (κ2) is 6.26. The number of carbonyl (C=O) groups excluding carboxylic acids is 1. The second-order valence-corrected chi connectivity index (χ2v) is 6.10. The average molecular weight is 349 g/mol. The zero-order valence-corrected chi connectivity index (χ0v) is 13.8. The van der Waals surface area contributed by atoms with Crippen molar-refractivity contribution in [3.63, 3.8) is 0 Å². The summed E-state index contributed by atoms with van der Waals surface area (Å²) in [5.74, 6) is 0.943.